The molecule has 2 aromatic carbocycles. The summed E-state index contributed by atoms with van der Waals surface area (Å²) in [5, 5.41) is 0. The minimum atomic E-state index is -0.366. The Balaban J connectivity index is 1.84. The van der Waals surface area contributed by atoms with Gasteiger partial charge in [-0.15, -0.1) is 0 Å². The summed E-state index contributed by atoms with van der Waals surface area (Å²) in [7, 11) is 0. The molecule has 4 nitrogen and oxygen atoms in total. The largest absolute Gasteiger partial charge is 0.486 e. The zero-order valence-electron chi connectivity index (χ0n) is 10.7. The maximum atomic E-state index is 12.0. The lowest BCUT2D eigenvalue weighted by atomic mass is 9.98. The molecule has 4 heteroatoms. The molecule has 2 heterocycles. The fourth-order valence-corrected chi connectivity index (χ4v) is 2.61. The van der Waals surface area contributed by atoms with E-state index in [4.69, 9.17) is 14.2 Å². The third-order valence-electron chi connectivity index (χ3n) is 3.54. The monoisotopic (exact) mass is 268 g/mol. The first-order valence-electron chi connectivity index (χ1n) is 6.52. The van der Waals surface area contributed by atoms with Gasteiger partial charge in [0.15, 0.2) is 17.6 Å². The van der Waals surface area contributed by atoms with Gasteiger partial charge in [0.25, 0.3) is 0 Å². The molecule has 100 valence electrons. The summed E-state index contributed by atoms with van der Waals surface area (Å²) in [6.45, 7) is 1.03. The number of esters is 1. The van der Waals surface area contributed by atoms with Crippen LogP contribution in [0, 0.1) is 0 Å². The van der Waals surface area contributed by atoms with Gasteiger partial charge >= 0.3 is 5.97 Å². The van der Waals surface area contributed by atoms with Crippen LogP contribution in [0.3, 0.4) is 0 Å². The first-order valence-corrected chi connectivity index (χ1v) is 6.52. The lowest BCUT2D eigenvalue weighted by molar-refractivity contribution is 0.0455. The van der Waals surface area contributed by atoms with Crippen molar-refractivity contribution in [2.24, 2.45) is 0 Å². The summed E-state index contributed by atoms with van der Waals surface area (Å²) >= 11 is 0. The second-order valence-corrected chi connectivity index (χ2v) is 4.78. The van der Waals surface area contributed by atoms with E-state index >= 15 is 0 Å². The lowest BCUT2D eigenvalue weighted by Gasteiger charge is -2.19. The number of fused-ring (bicyclic) bond motifs is 2. The van der Waals surface area contributed by atoms with Crippen LogP contribution >= 0.6 is 0 Å². The van der Waals surface area contributed by atoms with Gasteiger partial charge in [0.2, 0.25) is 0 Å². The third-order valence-corrected chi connectivity index (χ3v) is 3.54. The van der Waals surface area contributed by atoms with Crippen LogP contribution in [0.15, 0.2) is 42.5 Å². The van der Waals surface area contributed by atoms with Crippen LogP contribution in [0.2, 0.25) is 0 Å². The van der Waals surface area contributed by atoms with Crippen molar-refractivity contribution in [1.29, 1.82) is 0 Å². The summed E-state index contributed by atoms with van der Waals surface area (Å²) in [6, 6.07) is 13.3. The van der Waals surface area contributed by atoms with Crippen molar-refractivity contribution >= 4 is 5.97 Å². The Morgan fingerprint density at radius 1 is 0.950 bits per heavy atom. The Labute approximate surface area is 115 Å². The van der Waals surface area contributed by atoms with Gasteiger partial charge in [0.1, 0.15) is 13.2 Å². The van der Waals surface area contributed by atoms with E-state index < -0.39 is 0 Å². The smallest absolute Gasteiger partial charge is 0.339 e. The van der Waals surface area contributed by atoms with Gasteiger partial charge in [-0.1, -0.05) is 30.3 Å². The van der Waals surface area contributed by atoms with Gasteiger partial charge in [-0.05, 0) is 17.7 Å². The highest BCUT2D eigenvalue weighted by molar-refractivity contribution is 5.95. The molecule has 0 radical (unpaired) electrons. The second-order valence-electron chi connectivity index (χ2n) is 4.78. The molecule has 0 bridgehead atoms. The summed E-state index contributed by atoms with van der Waals surface area (Å²) in [5.74, 6) is 0.973. The van der Waals surface area contributed by atoms with Crippen LogP contribution < -0.4 is 9.47 Å². The Hall–Kier alpha value is -2.49. The van der Waals surface area contributed by atoms with E-state index in [9.17, 15) is 4.79 Å². The van der Waals surface area contributed by atoms with E-state index in [1.807, 2.05) is 36.4 Å². The average Bonchev–Trinajstić information content (AvgIpc) is 2.83. The molecule has 0 saturated carbocycles. The number of cyclic esters (lactones) is 1. The van der Waals surface area contributed by atoms with Crippen molar-refractivity contribution in [3.63, 3.8) is 0 Å². The number of rotatable bonds is 1. The SMILES string of the molecule is O=C1O[C@@H](c2ccccc2)c2cc3c(cc21)OCCO3. The summed E-state index contributed by atoms with van der Waals surface area (Å²) in [6.07, 6.45) is -0.366. The van der Waals surface area contributed by atoms with Crippen LogP contribution in [-0.2, 0) is 4.74 Å². The first-order chi connectivity index (χ1) is 9.83. The second kappa shape index (κ2) is 4.27. The predicted molar refractivity (Wildman–Crippen MR) is 71.1 cm³/mol. The van der Waals surface area contributed by atoms with Crippen LogP contribution in [-0.4, -0.2) is 19.2 Å². The molecule has 0 aromatic heterocycles. The molecular weight excluding hydrogens is 256 g/mol. The van der Waals surface area contributed by atoms with Gasteiger partial charge < -0.3 is 14.2 Å². The first kappa shape index (κ1) is 11.3. The molecule has 0 fully saturated rings. The highest BCUT2D eigenvalue weighted by Crippen LogP contribution is 2.42. The Bertz CT molecular complexity index is 678. The predicted octanol–water partition coefficient (Wildman–Crippen LogP) is 2.72. The number of hydrogen-bond donors (Lipinski definition) is 0. The Morgan fingerprint density at radius 3 is 2.40 bits per heavy atom. The van der Waals surface area contributed by atoms with E-state index in [1.54, 1.807) is 6.07 Å². The van der Waals surface area contributed by atoms with E-state index in [-0.39, 0.29) is 12.1 Å². The molecule has 20 heavy (non-hydrogen) atoms. The van der Waals surface area contributed by atoms with Crippen molar-refractivity contribution in [2.75, 3.05) is 13.2 Å². The van der Waals surface area contributed by atoms with Crippen LogP contribution in [0.1, 0.15) is 27.6 Å². The molecule has 0 amide bonds. The van der Waals surface area contributed by atoms with Gasteiger partial charge in [0.05, 0.1) is 5.56 Å². The number of ether oxygens (including phenoxy) is 3. The highest BCUT2D eigenvalue weighted by Gasteiger charge is 2.34. The standard InChI is InChI=1S/C16H12O4/c17-16-12-9-14-13(18-6-7-19-14)8-11(12)15(20-16)10-4-2-1-3-5-10/h1-5,8-9,15H,6-7H2/t15-/m0/s1. The maximum absolute atomic E-state index is 12.0. The summed E-state index contributed by atoms with van der Waals surface area (Å²) in [4.78, 5) is 12.0. The van der Waals surface area contributed by atoms with Gasteiger partial charge in [0, 0.05) is 5.56 Å². The van der Waals surface area contributed by atoms with E-state index in [0.29, 0.717) is 30.3 Å². The fourth-order valence-electron chi connectivity index (χ4n) is 2.61. The van der Waals surface area contributed by atoms with Crippen molar-refractivity contribution < 1.29 is 19.0 Å². The number of benzene rings is 2. The lowest BCUT2D eigenvalue weighted by Crippen LogP contribution is -2.16. The van der Waals surface area contributed by atoms with Gasteiger partial charge in [-0.3, -0.25) is 0 Å². The normalized spacial score (nSPS) is 19.4. The van der Waals surface area contributed by atoms with Gasteiger partial charge in [-0.2, -0.15) is 0 Å². The molecular formula is C16H12O4. The molecule has 0 unspecified atom stereocenters. The van der Waals surface area contributed by atoms with Crippen LogP contribution in [0.5, 0.6) is 11.5 Å². The van der Waals surface area contributed by atoms with Gasteiger partial charge in [-0.25, -0.2) is 4.79 Å². The Morgan fingerprint density at radius 2 is 1.65 bits per heavy atom. The molecule has 2 aliphatic heterocycles. The van der Waals surface area contributed by atoms with Crippen molar-refractivity contribution in [1.82, 2.24) is 0 Å². The molecule has 2 aliphatic rings. The number of hydrogen-bond acceptors (Lipinski definition) is 4. The fraction of sp³-hybridized carbons (Fsp3) is 0.188. The summed E-state index contributed by atoms with van der Waals surface area (Å²) < 4.78 is 16.6. The van der Waals surface area contributed by atoms with E-state index in [0.717, 1.165) is 11.1 Å². The molecule has 0 aliphatic carbocycles. The third kappa shape index (κ3) is 1.65. The molecule has 4 rings (SSSR count). The minimum Gasteiger partial charge on any atom is -0.486 e. The van der Waals surface area contributed by atoms with Crippen molar-refractivity contribution in [2.45, 2.75) is 6.10 Å². The molecule has 0 N–H and O–H groups in total. The minimum absolute atomic E-state index is 0.314. The number of carbonyl (C=O) groups excluding carboxylic acids is 1. The quantitative estimate of drug-likeness (QED) is 0.746. The number of carbonyl (C=O) groups is 1. The van der Waals surface area contributed by atoms with Crippen LogP contribution in [0.25, 0.3) is 0 Å². The molecule has 2 aromatic rings. The van der Waals surface area contributed by atoms with Crippen molar-refractivity contribution in [3.8, 4) is 11.5 Å². The zero-order chi connectivity index (χ0) is 13.5. The maximum Gasteiger partial charge on any atom is 0.339 e. The average molecular weight is 268 g/mol. The summed E-state index contributed by atoms with van der Waals surface area (Å²) in [5.41, 5.74) is 2.35. The molecule has 0 spiro atoms. The molecule has 0 saturated heterocycles. The van der Waals surface area contributed by atoms with E-state index in [1.165, 1.54) is 0 Å². The van der Waals surface area contributed by atoms with Crippen molar-refractivity contribution in [3.05, 3.63) is 59.2 Å². The topological polar surface area (TPSA) is 44.8 Å². The molecule has 1 atom stereocenters. The highest BCUT2D eigenvalue weighted by atomic mass is 16.6. The Kier molecular flexibility index (Phi) is 2.42. The zero-order valence-corrected chi connectivity index (χ0v) is 10.7. The van der Waals surface area contributed by atoms with Crippen LogP contribution in [0.4, 0.5) is 0 Å². The van der Waals surface area contributed by atoms with E-state index in [2.05, 4.69) is 0 Å².